The summed E-state index contributed by atoms with van der Waals surface area (Å²) < 4.78 is 24.8. The molecule has 4 aliphatic rings. The highest BCUT2D eigenvalue weighted by molar-refractivity contribution is 5.97. The van der Waals surface area contributed by atoms with Gasteiger partial charge in [-0.15, -0.1) is 0 Å². The minimum absolute atomic E-state index is 0.123. The van der Waals surface area contributed by atoms with E-state index < -0.39 is 60.6 Å². The van der Waals surface area contributed by atoms with Gasteiger partial charge in [0.1, 0.15) is 24.4 Å². The molecule has 2 unspecified atom stereocenters. The van der Waals surface area contributed by atoms with E-state index in [0.29, 0.717) is 19.4 Å². The summed E-state index contributed by atoms with van der Waals surface area (Å²) in [5.41, 5.74) is -1.48. The Hall–Kier alpha value is -1.83. The molecule has 3 aliphatic heterocycles. The summed E-state index contributed by atoms with van der Waals surface area (Å²) in [6.07, 6.45) is -2.40. The number of ketones is 1. The van der Waals surface area contributed by atoms with Crippen LogP contribution in [0.3, 0.4) is 0 Å². The Labute approximate surface area is 269 Å². The summed E-state index contributed by atoms with van der Waals surface area (Å²) in [6.45, 7) is 16.1. The van der Waals surface area contributed by atoms with Crippen molar-refractivity contribution in [1.82, 2.24) is 20.4 Å². The summed E-state index contributed by atoms with van der Waals surface area (Å²) in [7, 11) is 5.91. The van der Waals surface area contributed by atoms with Crippen molar-refractivity contribution in [3.8, 4) is 0 Å². The Morgan fingerprint density at radius 2 is 1.84 bits per heavy atom. The highest BCUT2D eigenvalue weighted by Gasteiger charge is 2.62. The Kier molecular flexibility index (Phi) is 11.3. The molecule has 45 heavy (non-hydrogen) atoms. The van der Waals surface area contributed by atoms with Crippen LogP contribution in [0, 0.1) is 23.2 Å². The van der Waals surface area contributed by atoms with Crippen LogP contribution in [-0.4, -0.2) is 128 Å². The third kappa shape index (κ3) is 7.36. The van der Waals surface area contributed by atoms with Crippen molar-refractivity contribution in [2.24, 2.45) is 23.2 Å². The number of rotatable bonds is 7. The third-order valence-corrected chi connectivity index (χ3v) is 11.3. The maximum Gasteiger partial charge on any atom is 0.408 e. The van der Waals surface area contributed by atoms with E-state index in [-0.39, 0.29) is 41.2 Å². The van der Waals surface area contributed by atoms with Gasteiger partial charge in [0.05, 0.1) is 18.2 Å². The topological polar surface area (TPSA) is 139 Å². The smallest absolute Gasteiger partial charge is 0.408 e. The van der Waals surface area contributed by atoms with Gasteiger partial charge < -0.3 is 44.5 Å². The molecule has 0 bridgehead atoms. The van der Waals surface area contributed by atoms with E-state index in [1.807, 2.05) is 53.7 Å². The van der Waals surface area contributed by atoms with Crippen molar-refractivity contribution in [3.05, 3.63) is 0 Å². The van der Waals surface area contributed by atoms with Gasteiger partial charge in [-0.1, -0.05) is 34.6 Å². The number of aliphatic hydroxyl groups excluding tert-OH is 1. The van der Waals surface area contributed by atoms with Gasteiger partial charge in [0, 0.05) is 31.1 Å². The lowest BCUT2D eigenvalue weighted by Crippen LogP contribution is -2.60. The Bertz CT molecular complexity index is 1080. The van der Waals surface area contributed by atoms with Crippen molar-refractivity contribution in [1.29, 1.82) is 0 Å². The first kappa shape index (κ1) is 36.0. The van der Waals surface area contributed by atoms with Crippen LogP contribution in [0.4, 0.5) is 4.79 Å². The second-order valence-electron chi connectivity index (χ2n) is 14.7. The van der Waals surface area contributed by atoms with Crippen LogP contribution in [0.5, 0.6) is 0 Å². The molecule has 0 spiro atoms. The number of amides is 1. The number of nitrogens with one attached hydrogen (secondary N) is 2. The van der Waals surface area contributed by atoms with E-state index in [0.717, 1.165) is 19.5 Å². The highest BCUT2D eigenvalue weighted by Crippen LogP contribution is 2.61. The molecule has 4 fully saturated rings. The summed E-state index contributed by atoms with van der Waals surface area (Å²) in [5, 5.41) is 17.7. The van der Waals surface area contributed by atoms with E-state index in [1.54, 1.807) is 6.92 Å². The van der Waals surface area contributed by atoms with Crippen molar-refractivity contribution < 1.29 is 38.4 Å². The summed E-state index contributed by atoms with van der Waals surface area (Å²) in [5.74, 6) is -1.13. The van der Waals surface area contributed by atoms with Crippen LogP contribution in [0.2, 0.25) is 0 Å². The molecule has 1 saturated carbocycles. The molecule has 0 aromatic rings. The van der Waals surface area contributed by atoms with Crippen molar-refractivity contribution in [2.75, 3.05) is 40.8 Å². The molecule has 0 radical (unpaired) electrons. The Morgan fingerprint density at radius 3 is 2.47 bits per heavy atom. The van der Waals surface area contributed by atoms with E-state index in [4.69, 9.17) is 18.9 Å². The first-order valence-electron chi connectivity index (χ1n) is 16.8. The molecular formula is C33H58N4O8. The fourth-order valence-electron chi connectivity index (χ4n) is 8.27. The van der Waals surface area contributed by atoms with Crippen LogP contribution in [0.25, 0.3) is 0 Å². The average Bonchev–Trinajstić information content (AvgIpc) is 3.57. The number of carbonyl (C=O) groups is 3. The van der Waals surface area contributed by atoms with E-state index in [2.05, 4.69) is 29.4 Å². The lowest BCUT2D eigenvalue weighted by Gasteiger charge is -2.44. The third-order valence-electron chi connectivity index (χ3n) is 11.3. The zero-order chi connectivity index (χ0) is 33.4. The molecule has 0 aromatic carbocycles. The molecule has 3 N–H and O–H groups in total. The number of alkyl carbamates (subject to hydrolysis) is 1. The molecule has 13 atom stereocenters. The monoisotopic (exact) mass is 638 g/mol. The number of likely N-dealkylation sites (N-methyl/N-ethyl adjacent to an activating group) is 3. The number of esters is 1. The Balaban J connectivity index is 1.65. The molecule has 0 aromatic heterocycles. The molecule has 1 aliphatic carbocycles. The lowest BCUT2D eigenvalue weighted by atomic mass is 9.82. The molecule has 3 heterocycles. The second-order valence-corrected chi connectivity index (χ2v) is 14.7. The first-order valence-corrected chi connectivity index (χ1v) is 16.8. The summed E-state index contributed by atoms with van der Waals surface area (Å²) in [6, 6.07) is -0.727. The van der Waals surface area contributed by atoms with Gasteiger partial charge >= 0.3 is 12.1 Å². The van der Waals surface area contributed by atoms with Gasteiger partial charge in [0.2, 0.25) is 0 Å². The van der Waals surface area contributed by atoms with Crippen LogP contribution in [-0.2, 0) is 28.5 Å². The maximum absolute atomic E-state index is 13.8. The number of carbonyl (C=O) groups excluding carboxylic acids is 3. The van der Waals surface area contributed by atoms with Crippen LogP contribution in [0.15, 0.2) is 0 Å². The van der Waals surface area contributed by atoms with Gasteiger partial charge in [-0.25, -0.2) is 4.79 Å². The van der Waals surface area contributed by atoms with Gasteiger partial charge in [0.15, 0.2) is 11.9 Å². The fraction of sp³-hybridized carbons (Fsp3) is 0.909. The number of ether oxygens (including phenoxy) is 4. The number of nitrogens with zero attached hydrogens (tertiary/aromatic N) is 2. The number of cyclic esters (lactones) is 1. The van der Waals surface area contributed by atoms with Crippen LogP contribution in [0.1, 0.15) is 74.1 Å². The number of Topliss-reactive ketones (excluding diaryl/α,β-unsaturated/α-hetero) is 1. The average molecular weight is 639 g/mol. The quantitative estimate of drug-likeness (QED) is 0.279. The molecule has 12 nitrogen and oxygen atoms in total. The highest BCUT2D eigenvalue weighted by atomic mass is 16.7. The Morgan fingerprint density at radius 1 is 1.16 bits per heavy atom. The fourth-order valence-corrected chi connectivity index (χ4v) is 8.27. The van der Waals surface area contributed by atoms with Crippen molar-refractivity contribution in [3.63, 3.8) is 0 Å². The number of fused-ring (bicyclic) bond motifs is 2. The predicted molar refractivity (Wildman–Crippen MR) is 168 cm³/mol. The lowest BCUT2D eigenvalue weighted by molar-refractivity contribution is -0.282. The molecule has 12 heteroatoms. The van der Waals surface area contributed by atoms with Crippen molar-refractivity contribution in [2.45, 2.75) is 129 Å². The first-order chi connectivity index (χ1) is 21.1. The number of aliphatic hydroxyl groups is 1. The maximum atomic E-state index is 13.8. The number of hydrogen-bond donors (Lipinski definition) is 3. The normalized spacial score (nSPS) is 45.1. The largest absolute Gasteiger partial charge is 0.458 e. The zero-order valence-electron chi connectivity index (χ0n) is 29.0. The minimum atomic E-state index is -1.10. The minimum Gasteiger partial charge on any atom is -0.458 e. The summed E-state index contributed by atoms with van der Waals surface area (Å²) in [4.78, 5) is 43.9. The molecule has 3 saturated heterocycles. The van der Waals surface area contributed by atoms with Gasteiger partial charge in [-0.2, -0.15) is 0 Å². The van der Waals surface area contributed by atoms with Gasteiger partial charge in [-0.05, 0) is 78.0 Å². The van der Waals surface area contributed by atoms with Crippen LogP contribution >= 0.6 is 0 Å². The van der Waals surface area contributed by atoms with Crippen molar-refractivity contribution >= 4 is 17.8 Å². The zero-order valence-corrected chi connectivity index (χ0v) is 29.0. The van der Waals surface area contributed by atoms with E-state index in [9.17, 15) is 19.5 Å². The van der Waals surface area contributed by atoms with Crippen LogP contribution < -0.4 is 10.6 Å². The molecular weight excluding hydrogens is 580 g/mol. The van der Waals surface area contributed by atoms with Gasteiger partial charge in [0.25, 0.3) is 0 Å². The standard InChI is InChI=1S/C33H58N4O8/c1-11-25-33(7)28(35-31(41)45-33)20(5)37(10)17-18(3)22-15-32(22,6)29(19(4)24(38)14-26(39)43-25)44-30-27(40)23(36(8)9)13-21(42-30)16-34-12-2/h18-23,25,27-30,34,40H,11-17H2,1-10H3,(H,35,41)/t18-,19-,20+,21-,22?,23?,25+,27+,28+,29+,30-,32+,33+/m0/s1. The predicted octanol–water partition coefficient (Wildman–Crippen LogP) is 2.17. The van der Waals surface area contributed by atoms with E-state index >= 15 is 0 Å². The van der Waals surface area contributed by atoms with E-state index in [1.165, 1.54) is 0 Å². The SMILES string of the molecule is CCNC[C@@H]1CC(N(C)C)[C@@H](O)[C@H](O[C@@H]2[C@@H](C)C(=O)CC(=O)O[C@H](CC)[C@@]3(C)OC(=O)N[C@@H]3[C@@H](C)N(C)C[C@H](C)C3C[C@]32C)O1. The molecule has 1 amide bonds. The second kappa shape index (κ2) is 14.1. The molecule has 4 rings (SSSR count). The summed E-state index contributed by atoms with van der Waals surface area (Å²) >= 11 is 0. The number of hydrogen-bond acceptors (Lipinski definition) is 11. The van der Waals surface area contributed by atoms with Gasteiger partial charge in [-0.3, -0.25) is 9.59 Å². The molecule has 258 valence electrons.